The summed E-state index contributed by atoms with van der Waals surface area (Å²) in [6.07, 6.45) is 6.13. The van der Waals surface area contributed by atoms with E-state index < -0.39 is 0 Å². The molecule has 1 aliphatic carbocycles. The number of rotatable bonds is 4. The number of anilines is 1. The largest absolute Gasteiger partial charge is 0.442 e. The zero-order valence-corrected chi connectivity index (χ0v) is 16.9. The molecular formula is C20H18N4O2S2. The molecule has 3 aromatic heterocycles. The van der Waals surface area contributed by atoms with Crippen LogP contribution >= 0.6 is 24.0 Å². The zero-order valence-electron chi connectivity index (χ0n) is 15.2. The Kier molecular flexibility index (Phi) is 4.44. The summed E-state index contributed by atoms with van der Waals surface area (Å²) in [5, 5.41) is 2.59. The molecule has 2 N–H and O–H groups in total. The van der Waals surface area contributed by atoms with Gasteiger partial charge in [-0.1, -0.05) is 42.2 Å². The van der Waals surface area contributed by atoms with Crippen LogP contribution in [0.4, 0.5) is 5.88 Å². The summed E-state index contributed by atoms with van der Waals surface area (Å²) in [5.41, 5.74) is 9.43. The number of hydrazine groups is 1. The van der Waals surface area contributed by atoms with Gasteiger partial charge in [-0.05, 0) is 31.6 Å². The minimum atomic E-state index is 0.484. The fourth-order valence-corrected chi connectivity index (χ4v) is 4.17. The van der Waals surface area contributed by atoms with Crippen LogP contribution in [0.5, 0.6) is 0 Å². The summed E-state index contributed by atoms with van der Waals surface area (Å²) in [5.74, 6) is 1.61. The van der Waals surface area contributed by atoms with E-state index in [1.54, 1.807) is 0 Å². The summed E-state index contributed by atoms with van der Waals surface area (Å²) in [7, 11) is 0. The summed E-state index contributed by atoms with van der Waals surface area (Å²) >= 11 is 7.12. The molecule has 142 valence electrons. The standard InChI is InChI=1S/C20H18N4O2S2/c1-28-20-21-17(16-12-7-3-5-9-14(12)26-18(16)22-20)19(27)24-23-15-10-11-6-2-4-8-13(11)25-15/h2,4,6,8,10,23H,3,5,7,9H2,1H3,(H,24,27). The lowest BCUT2D eigenvalue weighted by atomic mass is 9.96. The number of nitrogens with one attached hydrogen (secondary N) is 2. The number of hydrogen-bond donors (Lipinski definition) is 2. The van der Waals surface area contributed by atoms with Gasteiger partial charge in [0.2, 0.25) is 11.6 Å². The number of para-hydroxylation sites is 1. The van der Waals surface area contributed by atoms with Gasteiger partial charge >= 0.3 is 0 Å². The second kappa shape index (κ2) is 7.10. The highest BCUT2D eigenvalue weighted by atomic mass is 32.2. The van der Waals surface area contributed by atoms with Crippen molar-refractivity contribution in [3.63, 3.8) is 0 Å². The van der Waals surface area contributed by atoms with Crippen LogP contribution in [0.2, 0.25) is 0 Å². The van der Waals surface area contributed by atoms with Gasteiger partial charge in [-0.15, -0.1) is 0 Å². The van der Waals surface area contributed by atoms with Crippen molar-refractivity contribution >= 4 is 56.9 Å². The molecule has 4 aromatic rings. The highest BCUT2D eigenvalue weighted by Gasteiger charge is 2.24. The van der Waals surface area contributed by atoms with E-state index in [1.807, 2.05) is 36.6 Å². The Morgan fingerprint density at radius 1 is 1.14 bits per heavy atom. The molecule has 0 fully saturated rings. The third-order valence-electron chi connectivity index (χ3n) is 4.92. The minimum Gasteiger partial charge on any atom is -0.442 e. The Morgan fingerprint density at radius 2 is 2.00 bits per heavy atom. The number of fused-ring (bicyclic) bond motifs is 4. The molecule has 0 atom stereocenters. The maximum atomic E-state index is 6.04. The molecule has 28 heavy (non-hydrogen) atoms. The quantitative estimate of drug-likeness (QED) is 0.214. The minimum absolute atomic E-state index is 0.484. The number of nitrogens with zero attached hydrogens (tertiary/aromatic N) is 2. The van der Waals surface area contributed by atoms with Crippen molar-refractivity contribution in [2.45, 2.75) is 30.8 Å². The Balaban J connectivity index is 1.48. The molecule has 0 bridgehead atoms. The van der Waals surface area contributed by atoms with Crippen molar-refractivity contribution in [1.29, 1.82) is 0 Å². The van der Waals surface area contributed by atoms with Gasteiger partial charge in [0.25, 0.3) is 0 Å². The highest BCUT2D eigenvalue weighted by Crippen LogP contribution is 2.33. The second-order valence-corrected chi connectivity index (χ2v) is 7.86. The molecule has 1 aromatic carbocycles. The van der Waals surface area contributed by atoms with Crippen molar-refractivity contribution in [3.8, 4) is 0 Å². The molecule has 0 aliphatic heterocycles. The Bertz CT molecular complexity index is 1160. The number of thiocarbonyl (C=S) groups is 1. The SMILES string of the molecule is CSc1nc(C(=S)NNc2cc3ccccc3o2)c2c3c(oc2n1)CCCC3. The van der Waals surface area contributed by atoms with E-state index in [0.717, 1.165) is 47.8 Å². The first-order valence-electron chi connectivity index (χ1n) is 9.14. The molecule has 6 nitrogen and oxygen atoms in total. The van der Waals surface area contributed by atoms with Gasteiger partial charge in [0, 0.05) is 23.4 Å². The van der Waals surface area contributed by atoms with Crippen molar-refractivity contribution in [3.05, 3.63) is 47.3 Å². The molecule has 0 saturated heterocycles. The molecule has 1 aliphatic rings. The smallest absolute Gasteiger partial charge is 0.231 e. The van der Waals surface area contributed by atoms with Gasteiger partial charge in [-0.2, -0.15) is 4.98 Å². The normalized spacial score (nSPS) is 13.6. The van der Waals surface area contributed by atoms with E-state index in [1.165, 1.54) is 17.3 Å². The number of aryl methyl sites for hydroxylation is 2. The van der Waals surface area contributed by atoms with E-state index in [-0.39, 0.29) is 0 Å². The molecule has 0 spiro atoms. The fourth-order valence-electron chi connectivity index (χ4n) is 3.61. The van der Waals surface area contributed by atoms with Gasteiger partial charge in [0.15, 0.2) is 5.16 Å². The van der Waals surface area contributed by atoms with E-state index in [2.05, 4.69) is 20.8 Å². The Hall–Kier alpha value is -2.58. The molecule has 0 saturated carbocycles. The molecule has 0 unspecified atom stereocenters. The summed E-state index contributed by atoms with van der Waals surface area (Å²) < 4.78 is 11.8. The predicted octanol–water partition coefficient (Wildman–Crippen LogP) is 4.86. The van der Waals surface area contributed by atoms with Gasteiger partial charge in [0.05, 0.1) is 5.39 Å². The molecule has 0 amide bonds. The van der Waals surface area contributed by atoms with Gasteiger partial charge in [-0.3, -0.25) is 10.9 Å². The number of furan rings is 2. The van der Waals surface area contributed by atoms with E-state index >= 15 is 0 Å². The first kappa shape index (κ1) is 17.5. The average Bonchev–Trinajstić information content (AvgIpc) is 3.31. The number of hydrogen-bond acceptors (Lipinski definition) is 7. The lowest BCUT2D eigenvalue weighted by Crippen LogP contribution is -2.29. The number of benzene rings is 1. The monoisotopic (exact) mass is 410 g/mol. The molecule has 8 heteroatoms. The van der Waals surface area contributed by atoms with Crippen LogP contribution in [0.25, 0.3) is 22.1 Å². The molecule has 3 heterocycles. The Labute approximate surface area is 171 Å². The fraction of sp³-hybridized carbons (Fsp3) is 0.250. The van der Waals surface area contributed by atoms with Gasteiger partial charge < -0.3 is 8.83 Å². The van der Waals surface area contributed by atoms with E-state index in [9.17, 15) is 0 Å². The lowest BCUT2D eigenvalue weighted by Gasteiger charge is -2.12. The summed E-state index contributed by atoms with van der Waals surface area (Å²) in [6, 6.07) is 9.77. The predicted molar refractivity (Wildman–Crippen MR) is 115 cm³/mol. The van der Waals surface area contributed by atoms with Crippen LogP contribution in [0, 0.1) is 0 Å². The maximum absolute atomic E-state index is 6.04. The Morgan fingerprint density at radius 3 is 2.86 bits per heavy atom. The van der Waals surface area contributed by atoms with E-state index in [4.69, 9.17) is 21.1 Å². The molecule has 5 rings (SSSR count). The van der Waals surface area contributed by atoms with Gasteiger partial charge in [0.1, 0.15) is 22.0 Å². The van der Waals surface area contributed by atoms with E-state index in [0.29, 0.717) is 27.4 Å². The first-order chi connectivity index (χ1) is 13.7. The van der Waals surface area contributed by atoms with Crippen LogP contribution in [0.1, 0.15) is 29.9 Å². The topological polar surface area (TPSA) is 76.1 Å². The third-order valence-corrected chi connectivity index (χ3v) is 5.76. The van der Waals surface area contributed by atoms with Crippen LogP contribution in [0.3, 0.4) is 0 Å². The first-order valence-corrected chi connectivity index (χ1v) is 10.8. The zero-order chi connectivity index (χ0) is 19.1. The van der Waals surface area contributed by atoms with Crippen molar-refractivity contribution < 1.29 is 8.83 Å². The third kappa shape index (κ3) is 3.02. The lowest BCUT2D eigenvalue weighted by molar-refractivity contribution is 0.498. The second-order valence-electron chi connectivity index (χ2n) is 6.68. The molecule has 0 radical (unpaired) electrons. The van der Waals surface area contributed by atoms with Crippen LogP contribution in [-0.2, 0) is 12.8 Å². The van der Waals surface area contributed by atoms with Crippen molar-refractivity contribution in [2.24, 2.45) is 0 Å². The summed E-state index contributed by atoms with van der Waals surface area (Å²) in [4.78, 5) is 9.70. The van der Waals surface area contributed by atoms with Crippen LogP contribution in [-0.4, -0.2) is 21.2 Å². The highest BCUT2D eigenvalue weighted by molar-refractivity contribution is 7.98. The maximum Gasteiger partial charge on any atom is 0.231 e. The van der Waals surface area contributed by atoms with Crippen molar-refractivity contribution in [2.75, 3.05) is 11.7 Å². The average molecular weight is 411 g/mol. The van der Waals surface area contributed by atoms with Gasteiger partial charge in [-0.25, -0.2) is 4.98 Å². The number of aromatic nitrogens is 2. The summed E-state index contributed by atoms with van der Waals surface area (Å²) in [6.45, 7) is 0. The van der Waals surface area contributed by atoms with Crippen LogP contribution < -0.4 is 10.9 Å². The van der Waals surface area contributed by atoms with Crippen LogP contribution in [0.15, 0.2) is 44.3 Å². The number of thioether (sulfide) groups is 1. The molecular weight excluding hydrogens is 392 g/mol. The van der Waals surface area contributed by atoms with Crippen molar-refractivity contribution in [1.82, 2.24) is 15.4 Å².